The highest BCUT2D eigenvalue weighted by Gasteiger charge is 2.14. The fourth-order valence-corrected chi connectivity index (χ4v) is 1.86. The molecule has 0 aromatic rings. The third-order valence-corrected chi connectivity index (χ3v) is 3.26. The Balaban J connectivity index is 3.75. The Morgan fingerprint density at radius 1 is 1.05 bits per heavy atom. The fourth-order valence-electron chi connectivity index (χ4n) is 1.86. The van der Waals surface area contributed by atoms with Gasteiger partial charge in [0.15, 0.2) is 0 Å². The Morgan fingerprint density at radius 3 is 2.35 bits per heavy atom. The van der Waals surface area contributed by atoms with Gasteiger partial charge >= 0.3 is 11.8 Å². The molecule has 1 atom stereocenters. The third-order valence-electron chi connectivity index (χ3n) is 3.26. The highest BCUT2D eigenvalue weighted by molar-refractivity contribution is 6.35. The Morgan fingerprint density at radius 2 is 1.75 bits per heavy atom. The standard InChI is InChI=1S/C15H30N2O3/c1-4-7-9-13(5-2)12-17-15(19)14(18)16-10-8-11-20-6-3/h13H,4-12H2,1-3H3,(H,16,18)(H,17,19)/t13-/m0/s1. The van der Waals surface area contributed by atoms with Gasteiger partial charge in [-0.15, -0.1) is 0 Å². The molecule has 5 heteroatoms. The van der Waals surface area contributed by atoms with Gasteiger partial charge in [0.1, 0.15) is 0 Å². The van der Waals surface area contributed by atoms with Crippen LogP contribution in [0, 0.1) is 5.92 Å². The average molecular weight is 286 g/mol. The first-order valence-electron chi connectivity index (χ1n) is 7.79. The van der Waals surface area contributed by atoms with Crippen molar-refractivity contribution in [3.8, 4) is 0 Å². The maximum Gasteiger partial charge on any atom is 0.309 e. The van der Waals surface area contributed by atoms with Crippen molar-refractivity contribution < 1.29 is 14.3 Å². The van der Waals surface area contributed by atoms with E-state index in [1.807, 2.05) is 6.92 Å². The highest BCUT2D eigenvalue weighted by Crippen LogP contribution is 2.10. The summed E-state index contributed by atoms with van der Waals surface area (Å²) in [5.41, 5.74) is 0. The molecular weight excluding hydrogens is 256 g/mol. The Hall–Kier alpha value is -1.10. The van der Waals surface area contributed by atoms with Crippen LogP contribution < -0.4 is 10.6 Å². The molecule has 20 heavy (non-hydrogen) atoms. The van der Waals surface area contributed by atoms with Crippen molar-refractivity contribution in [1.29, 1.82) is 0 Å². The Labute approximate surface area is 122 Å². The highest BCUT2D eigenvalue weighted by atomic mass is 16.5. The minimum Gasteiger partial charge on any atom is -0.382 e. The van der Waals surface area contributed by atoms with Gasteiger partial charge in [-0.3, -0.25) is 9.59 Å². The van der Waals surface area contributed by atoms with Crippen molar-refractivity contribution >= 4 is 11.8 Å². The van der Waals surface area contributed by atoms with E-state index in [1.54, 1.807) is 0 Å². The largest absolute Gasteiger partial charge is 0.382 e. The van der Waals surface area contributed by atoms with Gasteiger partial charge in [0, 0.05) is 26.3 Å². The molecule has 0 aliphatic heterocycles. The van der Waals surface area contributed by atoms with Crippen LogP contribution in [-0.4, -0.2) is 38.1 Å². The SMILES string of the molecule is CCCC[C@H](CC)CNC(=O)C(=O)NCCCOCC. The molecule has 0 saturated heterocycles. The lowest BCUT2D eigenvalue weighted by atomic mass is 9.99. The predicted molar refractivity (Wildman–Crippen MR) is 80.4 cm³/mol. The molecule has 0 rings (SSSR count). The van der Waals surface area contributed by atoms with Crippen molar-refractivity contribution in [1.82, 2.24) is 10.6 Å². The normalized spacial score (nSPS) is 11.9. The van der Waals surface area contributed by atoms with Crippen LogP contribution in [0.5, 0.6) is 0 Å². The summed E-state index contributed by atoms with van der Waals surface area (Å²) in [7, 11) is 0. The molecule has 0 aliphatic rings. The van der Waals surface area contributed by atoms with E-state index in [-0.39, 0.29) is 0 Å². The zero-order valence-electron chi connectivity index (χ0n) is 13.2. The van der Waals surface area contributed by atoms with Crippen LogP contribution in [0.15, 0.2) is 0 Å². The first kappa shape index (κ1) is 18.9. The lowest BCUT2D eigenvalue weighted by molar-refractivity contribution is -0.139. The zero-order valence-corrected chi connectivity index (χ0v) is 13.2. The van der Waals surface area contributed by atoms with Gasteiger partial charge in [0.25, 0.3) is 0 Å². The quantitative estimate of drug-likeness (QED) is 0.450. The Kier molecular flexibility index (Phi) is 12.2. The summed E-state index contributed by atoms with van der Waals surface area (Å²) in [5.74, 6) is -0.618. The van der Waals surface area contributed by atoms with Gasteiger partial charge < -0.3 is 15.4 Å². The number of nitrogens with one attached hydrogen (secondary N) is 2. The molecule has 118 valence electrons. The van der Waals surface area contributed by atoms with Crippen LogP contribution in [0.25, 0.3) is 0 Å². The second-order valence-electron chi connectivity index (χ2n) is 4.93. The van der Waals surface area contributed by atoms with Crippen molar-refractivity contribution in [3.63, 3.8) is 0 Å². The van der Waals surface area contributed by atoms with Crippen LogP contribution in [-0.2, 0) is 14.3 Å². The van der Waals surface area contributed by atoms with Gasteiger partial charge in [-0.1, -0.05) is 33.1 Å². The molecule has 0 aromatic heterocycles. The minimum atomic E-state index is -0.549. The van der Waals surface area contributed by atoms with Crippen LogP contribution in [0.2, 0.25) is 0 Å². The van der Waals surface area contributed by atoms with Crippen LogP contribution in [0.1, 0.15) is 52.9 Å². The number of carbonyl (C=O) groups excluding carboxylic acids is 2. The molecule has 0 aliphatic carbocycles. The van der Waals surface area contributed by atoms with Crippen molar-refractivity contribution in [2.45, 2.75) is 52.9 Å². The average Bonchev–Trinajstić information content (AvgIpc) is 2.46. The van der Waals surface area contributed by atoms with E-state index in [2.05, 4.69) is 24.5 Å². The summed E-state index contributed by atoms with van der Waals surface area (Å²) in [4.78, 5) is 23.1. The van der Waals surface area contributed by atoms with Crippen LogP contribution in [0.3, 0.4) is 0 Å². The summed E-state index contributed by atoms with van der Waals surface area (Å²) < 4.78 is 5.15. The maximum atomic E-state index is 11.6. The number of rotatable bonds is 11. The topological polar surface area (TPSA) is 67.4 Å². The summed E-state index contributed by atoms with van der Waals surface area (Å²) in [6.45, 7) is 8.52. The van der Waals surface area contributed by atoms with Crippen molar-refractivity contribution in [3.05, 3.63) is 0 Å². The molecule has 0 heterocycles. The zero-order chi connectivity index (χ0) is 15.2. The second kappa shape index (κ2) is 12.9. The van der Waals surface area contributed by atoms with Gasteiger partial charge in [-0.2, -0.15) is 0 Å². The molecule has 0 spiro atoms. The molecular formula is C15H30N2O3. The lowest BCUT2D eigenvalue weighted by Crippen LogP contribution is -2.42. The minimum absolute atomic E-state index is 0.463. The molecule has 0 fully saturated rings. The summed E-state index contributed by atoms with van der Waals surface area (Å²) in [5, 5.41) is 5.31. The fraction of sp³-hybridized carbons (Fsp3) is 0.867. The van der Waals surface area contributed by atoms with E-state index in [9.17, 15) is 9.59 Å². The molecule has 2 N–H and O–H groups in total. The molecule has 2 amide bonds. The van der Waals surface area contributed by atoms with Crippen LogP contribution >= 0.6 is 0 Å². The van der Waals surface area contributed by atoms with Gasteiger partial charge in [-0.25, -0.2) is 0 Å². The summed E-state index contributed by atoms with van der Waals surface area (Å²) >= 11 is 0. The van der Waals surface area contributed by atoms with Gasteiger partial charge in [0.05, 0.1) is 0 Å². The van der Waals surface area contributed by atoms with E-state index in [1.165, 1.54) is 0 Å². The first-order valence-corrected chi connectivity index (χ1v) is 7.79. The van der Waals surface area contributed by atoms with E-state index >= 15 is 0 Å². The van der Waals surface area contributed by atoms with E-state index in [4.69, 9.17) is 4.74 Å². The number of amides is 2. The smallest absolute Gasteiger partial charge is 0.309 e. The molecule has 0 radical (unpaired) electrons. The second-order valence-corrected chi connectivity index (χ2v) is 4.93. The van der Waals surface area contributed by atoms with E-state index in [0.717, 1.165) is 32.1 Å². The monoisotopic (exact) mass is 286 g/mol. The number of unbranched alkanes of at least 4 members (excludes halogenated alkanes) is 1. The molecule has 5 nitrogen and oxygen atoms in total. The van der Waals surface area contributed by atoms with Crippen LogP contribution in [0.4, 0.5) is 0 Å². The van der Waals surface area contributed by atoms with E-state index < -0.39 is 11.8 Å². The van der Waals surface area contributed by atoms with Crippen molar-refractivity contribution in [2.75, 3.05) is 26.3 Å². The van der Waals surface area contributed by atoms with E-state index in [0.29, 0.717) is 32.2 Å². The predicted octanol–water partition coefficient (Wildman–Crippen LogP) is 1.86. The summed E-state index contributed by atoms with van der Waals surface area (Å²) in [6.07, 6.45) is 5.17. The number of hydrogen-bond donors (Lipinski definition) is 2. The molecule has 0 aromatic carbocycles. The first-order chi connectivity index (χ1) is 9.65. The van der Waals surface area contributed by atoms with Crippen molar-refractivity contribution in [2.24, 2.45) is 5.92 Å². The summed E-state index contributed by atoms with van der Waals surface area (Å²) in [6, 6.07) is 0. The number of hydrogen-bond acceptors (Lipinski definition) is 3. The molecule has 0 bridgehead atoms. The maximum absolute atomic E-state index is 11.6. The lowest BCUT2D eigenvalue weighted by Gasteiger charge is -2.15. The molecule has 0 unspecified atom stereocenters. The van der Waals surface area contributed by atoms with Gasteiger partial charge in [-0.05, 0) is 25.7 Å². The third kappa shape index (κ3) is 9.78. The number of carbonyl (C=O) groups is 2. The van der Waals surface area contributed by atoms with Gasteiger partial charge in [0.2, 0.25) is 0 Å². The molecule has 0 saturated carbocycles. The Bertz CT molecular complexity index is 270. The number of ether oxygens (including phenoxy) is 1.